The molecule has 2 aromatic carbocycles. The van der Waals surface area contributed by atoms with E-state index in [4.69, 9.17) is 0 Å². The van der Waals surface area contributed by atoms with E-state index in [0.29, 0.717) is 31.7 Å². The maximum Gasteiger partial charge on any atom is 0.269 e. The Morgan fingerprint density at radius 3 is 2.40 bits per heavy atom. The summed E-state index contributed by atoms with van der Waals surface area (Å²) in [5, 5.41) is 10.9. The molecule has 0 N–H and O–H groups in total. The average Bonchev–Trinajstić information content (AvgIpc) is 2.61. The van der Waals surface area contributed by atoms with Crippen molar-refractivity contribution in [3.05, 3.63) is 68.2 Å². The Morgan fingerprint density at radius 1 is 1.12 bits per heavy atom. The lowest BCUT2D eigenvalue weighted by Gasteiger charge is -2.37. The summed E-state index contributed by atoms with van der Waals surface area (Å²) >= 11 is 3.43. The van der Waals surface area contributed by atoms with Gasteiger partial charge in [-0.05, 0) is 46.6 Å². The molecule has 1 aliphatic heterocycles. The SMILES string of the molecule is Cc1cc([N+](=O)[O-])ccc1N1CCN(C(=O)c2ccccc2Br)CC1. The van der Waals surface area contributed by atoms with Crippen molar-refractivity contribution in [2.45, 2.75) is 6.92 Å². The maximum atomic E-state index is 12.7. The van der Waals surface area contributed by atoms with Gasteiger partial charge in [-0.1, -0.05) is 12.1 Å². The number of hydrogen-bond acceptors (Lipinski definition) is 4. The number of aryl methyl sites for hydroxylation is 1. The van der Waals surface area contributed by atoms with Gasteiger partial charge in [0.15, 0.2) is 0 Å². The van der Waals surface area contributed by atoms with Gasteiger partial charge in [-0.3, -0.25) is 14.9 Å². The van der Waals surface area contributed by atoms with Crippen LogP contribution < -0.4 is 4.90 Å². The predicted molar refractivity (Wildman–Crippen MR) is 100 cm³/mol. The van der Waals surface area contributed by atoms with Gasteiger partial charge in [0, 0.05) is 48.5 Å². The van der Waals surface area contributed by atoms with E-state index in [1.807, 2.05) is 36.1 Å². The van der Waals surface area contributed by atoms with Crippen molar-refractivity contribution >= 4 is 33.2 Å². The third-order valence-corrected chi connectivity index (χ3v) is 5.09. The molecule has 1 saturated heterocycles. The molecule has 1 amide bonds. The lowest BCUT2D eigenvalue weighted by Crippen LogP contribution is -2.49. The summed E-state index contributed by atoms with van der Waals surface area (Å²) in [7, 11) is 0. The molecule has 0 spiro atoms. The van der Waals surface area contributed by atoms with E-state index in [0.717, 1.165) is 15.7 Å². The minimum Gasteiger partial charge on any atom is -0.368 e. The van der Waals surface area contributed by atoms with Gasteiger partial charge in [-0.2, -0.15) is 0 Å². The number of rotatable bonds is 3. The number of carbonyl (C=O) groups excluding carboxylic acids is 1. The summed E-state index contributed by atoms with van der Waals surface area (Å²) in [6.07, 6.45) is 0. The van der Waals surface area contributed by atoms with E-state index in [1.165, 1.54) is 6.07 Å². The molecule has 25 heavy (non-hydrogen) atoms. The van der Waals surface area contributed by atoms with Crippen LogP contribution in [-0.2, 0) is 0 Å². The fourth-order valence-electron chi connectivity index (χ4n) is 3.06. The fraction of sp³-hybridized carbons (Fsp3) is 0.278. The van der Waals surface area contributed by atoms with Crippen LogP contribution in [0.25, 0.3) is 0 Å². The highest BCUT2D eigenvalue weighted by molar-refractivity contribution is 9.10. The number of halogens is 1. The van der Waals surface area contributed by atoms with E-state index >= 15 is 0 Å². The summed E-state index contributed by atoms with van der Waals surface area (Å²) in [6.45, 7) is 4.53. The van der Waals surface area contributed by atoms with E-state index in [-0.39, 0.29) is 16.5 Å². The van der Waals surface area contributed by atoms with Gasteiger partial charge in [0.2, 0.25) is 0 Å². The summed E-state index contributed by atoms with van der Waals surface area (Å²) in [6, 6.07) is 12.3. The number of anilines is 1. The molecule has 0 aromatic heterocycles. The summed E-state index contributed by atoms with van der Waals surface area (Å²) in [5.74, 6) is 0.0209. The average molecular weight is 404 g/mol. The number of nitro benzene ring substituents is 1. The molecule has 6 nitrogen and oxygen atoms in total. The topological polar surface area (TPSA) is 66.7 Å². The number of nitrogens with zero attached hydrogens (tertiary/aromatic N) is 3. The molecule has 1 heterocycles. The van der Waals surface area contributed by atoms with Crippen molar-refractivity contribution in [3.8, 4) is 0 Å². The van der Waals surface area contributed by atoms with Crippen LogP contribution in [0.4, 0.5) is 11.4 Å². The first-order valence-electron chi connectivity index (χ1n) is 8.01. The van der Waals surface area contributed by atoms with Crippen LogP contribution in [0.15, 0.2) is 46.9 Å². The third-order valence-electron chi connectivity index (χ3n) is 4.40. The van der Waals surface area contributed by atoms with Gasteiger partial charge in [0.1, 0.15) is 0 Å². The molecule has 0 aliphatic carbocycles. The second kappa shape index (κ2) is 7.23. The zero-order chi connectivity index (χ0) is 18.0. The molecular formula is C18H18BrN3O3. The van der Waals surface area contributed by atoms with Crippen LogP contribution in [0, 0.1) is 17.0 Å². The quantitative estimate of drug-likeness (QED) is 0.579. The van der Waals surface area contributed by atoms with Crippen LogP contribution in [0.5, 0.6) is 0 Å². The van der Waals surface area contributed by atoms with E-state index in [9.17, 15) is 14.9 Å². The largest absolute Gasteiger partial charge is 0.368 e. The van der Waals surface area contributed by atoms with Crippen LogP contribution in [0.3, 0.4) is 0 Å². The molecule has 1 aliphatic rings. The molecule has 0 bridgehead atoms. The van der Waals surface area contributed by atoms with Gasteiger partial charge < -0.3 is 9.80 Å². The molecule has 2 aromatic rings. The van der Waals surface area contributed by atoms with Crippen molar-refractivity contribution in [3.63, 3.8) is 0 Å². The van der Waals surface area contributed by atoms with Crippen molar-refractivity contribution in [1.29, 1.82) is 0 Å². The monoisotopic (exact) mass is 403 g/mol. The molecule has 0 saturated carbocycles. The van der Waals surface area contributed by atoms with Crippen molar-refractivity contribution in [1.82, 2.24) is 4.90 Å². The summed E-state index contributed by atoms with van der Waals surface area (Å²) < 4.78 is 0.800. The zero-order valence-corrected chi connectivity index (χ0v) is 15.4. The zero-order valence-electron chi connectivity index (χ0n) is 13.8. The van der Waals surface area contributed by atoms with Gasteiger partial charge in [-0.25, -0.2) is 0 Å². The van der Waals surface area contributed by atoms with Crippen LogP contribution in [-0.4, -0.2) is 41.9 Å². The van der Waals surface area contributed by atoms with Crippen molar-refractivity contribution < 1.29 is 9.72 Å². The Morgan fingerprint density at radius 2 is 1.80 bits per heavy atom. The highest BCUT2D eigenvalue weighted by Crippen LogP contribution is 2.26. The van der Waals surface area contributed by atoms with Crippen LogP contribution in [0.1, 0.15) is 15.9 Å². The minimum absolute atomic E-state index is 0.0209. The molecule has 0 unspecified atom stereocenters. The molecular weight excluding hydrogens is 386 g/mol. The number of non-ortho nitro benzene ring substituents is 1. The molecule has 130 valence electrons. The molecule has 3 rings (SSSR count). The predicted octanol–water partition coefficient (Wildman–Crippen LogP) is 3.63. The first kappa shape index (κ1) is 17.4. The van der Waals surface area contributed by atoms with Gasteiger partial charge in [0.25, 0.3) is 11.6 Å². The normalized spacial score (nSPS) is 14.5. The Hall–Kier alpha value is -2.41. The third kappa shape index (κ3) is 3.66. The van der Waals surface area contributed by atoms with E-state index < -0.39 is 0 Å². The number of amides is 1. The number of piperazine rings is 1. The Balaban J connectivity index is 1.69. The first-order chi connectivity index (χ1) is 12.0. The Labute approximate surface area is 154 Å². The molecule has 1 fully saturated rings. The van der Waals surface area contributed by atoms with Gasteiger partial charge >= 0.3 is 0 Å². The van der Waals surface area contributed by atoms with Crippen molar-refractivity contribution in [2.24, 2.45) is 0 Å². The van der Waals surface area contributed by atoms with Crippen molar-refractivity contribution in [2.75, 3.05) is 31.1 Å². The van der Waals surface area contributed by atoms with Crippen LogP contribution >= 0.6 is 15.9 Å². The summed E-state index contributed by atoms with van der Waals surface area (Å²) in [4.78, 5) is 27.1. The summed E-state index contributed by atoms with van der Waals surface area (Å²) in [5.41, 5.74) is 2.63. The highest BCUT2D eigenvalue weighted by atomic mass is 79.9. The van der Waals surface area contributed by atoms with Gasteiger partial charge in [-0.15, -0.1) is 0 Å². The lowest BCUT2D eigenvalue weighted by atomic mass is 10.1. The smallest absolute Gasteiger partial charge is 0.269 e. The second-order valence-electron chi connectivity index (χ2n) is 5.99. The number of hydrogen-bond donors (Lipinski definition) is 0. The molecule has 0 radical (unpaired) electrons. The van der Waals surface area contributed by atoms with Crippen LogP contribution in [0.2, 0.25) is 0 Å². The minimum atomic E-state index is -0.384. The van der Waals surface area contributed by atoms with E-state index in [1.54, 1.807) is 12.1 Å². The second-order valence-corrected chi connectivity index (χ2v) is 6.84. The van der Waals surface area contributed by atoms with E-state index in [2.05, 4.69) is 20.8 Å². The first-order valence-corrected chi connectivity index (χ1v) is 8.80. The number of carbonyl (C=O) groups is 1. The fourth-order valence-corrected chi connectivity index (χ4v) is 3.52. The highest BCUT2D eigenvalue weighted by Gasteiger charge is 2.24. The van der Waals surface area contributed by atoms with Gasteiger partial charge in [0.05, 0.1) is 10.5 Å². The number of nitro groups is 1. The lowest BCUT2D eigenvalue weighted by molar-refractivity contribution is -0.384. The maximum absolute atomic E-state index is 12.7. The molecule has 0 atom stereocenters. The number of benzene rings is 2. The standard InChI is InChI=1S/C18H18BrN3O3/c1-13-12-14(22(24)25)6-7-17(13)20-8-10-21(11-9-20)18(23)15-4-2-3-5-16(15)19/h2-7,12H,8-11H2,1H3. The molecule has 7 heteroatoms. The Bertz CT molecular complexity index is 817. The Kier molecular flexibility index (Phi) is 5.03.